The molecule has 2 nitrogen and oxygen atoms in total. The molecule has 0 aliphatic heterocycles. The molecule has 0 fully saturated rings. The molecule has 2 heterocycles. The third-order valence-corrected chi connectivity index (χ3v) is 3.44. The molecule has 0 aliphatic rings. The number of thiophene rings is 1. The van der Waals surface area contributed by atoms with E-state index in [4.69, 9.17) is 16.9 Å². The second-order valence-electron chi connectivity index (χ2n) is 2.40. The van der Waals surface area contributed by atoms with Crippen LogP contribution in [0.4, 0.5) is 0 Å². The van der Waals surface area contributed by atoms with Crippen LogP contribution >= 0.6 is 35.6 Å². The van der Waals surface area contributed by atoms with Crippen LogP contribution in [0.15, 0.2) is 16.5 Å². The molecule has 2 aromatic rings. The minimum absolute atomic E-state index is 0.407. The van der Waals surface area contributed by atoms with Crippen LogP contribution in [0, 0.1) is 11.3 Å². The lowest BCUT2D eigenvalue weighted by Crippen LogP contribution is -1.79. The monoisotopic (exact) mass is 226 g/mol. The van der Waals surface area contributed by atoms with Gasteiger partial charge in [0.2, 0.25) is 0 Å². The molecule has 0 aromatic carbocycles. The Labute approximate surface area is 89.2 Å². The third-order valence-electron chi connectivity index (χ3n) is 1.59. The molecule has 13 heavy (non-hydrogen) atoms. The van der Waals surface area contributed by atoms with Crippen molar-refractivity contribution in [3.63, 3.8) is 0 Å². The summed E-state index contributed by atoms with van der Waals surface area (Å²) in [7, 11) is 0. The number of fused-ring (bicyclic) bond motifs is 1. The summed E-state index contributed by atoms with van der Waals surface area (Å²) in [6.07, 6.45) is 1.48. The summed E-state index contributed by atoms with van der Waals surface area (Å²) in [5.41, 5.74) is 1.20. The van der Waals surface area contributed by atoms with Crippen molar-refractivity contribution >= 4 is 45.8 Å². The maximum atomic E-state index is 8.70. The van der Waals surface area contributed by atoms with Crippen LogP contribution in [-0.4, -0.2) is 4.98 Å². The van der Waals surface area contributed by atoms with Crippen molar-refractivity contribution < 1.29 is 0 Å². The SMILES string of the molecule is N#Cc1cnc2cc(S)sc2c1Cl. The van der Waals surface area contributed by atoms with Crippen molar-refractivity contribution in [2.24, 2.45) is 0 Å². The Kier molecular flexibility index (Phi) is 2.16. The number of aromatic nitrogens is 1. The molecule has 2 aromatic heterocycles. The zero-order chi connectivity index (χ0) is 9.42. The van der Waals surface area contributed by atoms with Crippen molar-refractivity contribution in [2.75, 3.05) is 0 Å². The number of nitriles is 1. The van der Waals surface area contributed by atoms with Crippen molar-refractivity contribution in [1.29, 1.82) is 5.26 Å². The standard InChI is InChI=1S/C8H3ClN2S2/c9-7-4(2-10)3-11-5-1-6(12)13-8(5)7/h1,3,12H. The van der Waals surface area contributed by atoms with Gasteiger partial charge in [0.05, 0.1) is 25.0 Å². The highest BCUT2D eigenvalue weighted by Gasteiger charge is 2.08. The van der Waals surface area contributed by atoms with Gasteiger partial charge < -0.3 is 0 Å². The molecule has 64 valence electrons. The van der Waals surface area contributed by atoms with Crippen LogP contribution in [0.2, 0.25) is 5.02 Å². The number of hydrogen-bond acceptors (Lipinski definition) is 4. The van der Waals surface area contributed by atoms with Gasteiger partial charge in [-0.15, -0.1) is 24.0 Å². The molecule has 0 N–H and O–H groups in total. The average Bonchev–Trinajstić information content (AvgIpc) is 2.47. The molecule has 0 amide bonds. The van der Waals surface area contributed by atoms with Gasteiger partial charge in [0.1, 0.15) is 6.07 Å². The molecule has 0 unspecified atom stereocenters. The molecule has 0 spiro atoms. The van der Waals surface area contributed by atoms with Crippen molar-refractivity contribution in [3.8, 4) is 6.07 Å². The van der Waals surface area contributed by atoms with E-state index in [-0.39, 0.29) is 0 Å². The quantitative estimate of drug-likeness (QED) is 0.701. The minimum atomic E-state index is 0.407. The lowest BCUT2D eigenvalue weighted by atomic mass is 10.3. The van der Waals surface area contributed by atoms with Crippen molar-refractivity contribution in [3.05, 3.63) is 22.8 Å². The van der Waals surface area contributed by atoms with Crippen LogP contribution < -0.4 is 0 Å². The molecule has 0 bridgehead atoms. The zero-order valence-electron chi connectivity index (χ0n) is 6.28. The number of rotatable bonds is 0. The van der Waals surface area contributed by atoms with Gasteiger partial charge >= 0.3 is 0 Å². The van der Waals surface area contributed by atoms with E-state index in [9.17, 15) is 0 Å². The lowest BCUT2D eigenvalue weighted by Gasteiger charge is -1.93. The first-order valence-electron chi connectivity index (χ1n) is 3.39. The summed E-state index contributed by atoms with van der Waals surface area (Å²) in [4.78, 5) is 4.09. The first-order chi connectivity index (χ1) is 6.22. The smallest absolute Gasteiger partial charge is 0.102 e. The highest BCUT2D eigenvalue weighted by molar-refractivity contribution is 7.83. The number of thiol groups is 1. The Morgan fingerprint density at radius 3 is 3.08 bits per heavy atom. The Balaban J connectivity index is 2.87. The average molecular weight is 227 g/mol. The van der Waals surface area contributed by atoms with Gasteiger partial charge in [-0.2, -0.15) is 5.26 Å². The van der Waals surface area contributed by atoms with Crippen LogP contribution in [-0.2, 0) is 0 Å². The molecule has 0 radical (unpaired) electrons. The summed E-state index contributed by atoms with van der Waals surface area (Å²) < 4.78 is 1.67. The zero-order valence-corrected chi connectivity index (χ0v) is 8.75. The van der Waals surface area contributed by atoms with E-state index in [2.05, 4.69) is 17.6 Å². The maximum Gasteiger partial charge on any atom is 0.102 e. The normalized spacial score (nSPS) is 10.2. The predicted octanol–water partition coefficient (Wildman–Crippen LogP) is 3.11. The van der Waals surface area contributed by atoms with E-state index in [1.165, 1.54) is 17.5 Å². The third kappa shape index (κ3) is 1.39. The Hall–Kier alpha value is -0.760. The first kappa shape index (κ1) is 8.82. The van der Waals surface area contributed by atoms with Crippen LogP contribution in [0.3, 0.4) is 0 Å². The van der Waals surface area contributed by atoms with E-state index < -0.39 is 0 Å². The number of hydrogen-bond donors (Lipinski definition) is 1. The summed E-state index contributed by atoms with van der Waals surface area (Å²) in [6, 6.07) is 3.81. The van der Waals surface area contributed by atoms with E-state index in [0.29, 0.717) is 10.6 Å². The summed E-state index contributed by atoms with van der Waals surface area (Å²) >= 11 is 11.6. The molecule has 0 saturated carbocycles. The van der Waals surface area contributed by atoms with Gasteiger partial charge in [-0.25, -0.2) is 0 Å². The van der Waals surface area contributed by atoms with E-state index in [1.54, 1.807) is 0 Å². The fourth-order valence-corrected chi connectivity index (χ4v) is 2.51. The van der Waals surface area contributed by atoms with Crippen LogP contribution in [0.1, 0.15) is 5.56 Å². The van der Waals surface area contributed by atoms with Gasteiger partial charge in [-0.05, 0) is 6.07 Å². The number of nitrogens with zero attached hydrogens (tertiary/aromatic N) is 2. The van der Waals surface area contributed by atoms with Gasteiger partial charge in [0.25, 0.3) is 0 Å². The highest BCUT2D eigenvalue weighted by atomic mass is 35.5. The highest BCUT2D eigenvalue weighted by Crippen LogP contribution is 2.33. The number of halogens is 1. The van der Waals surface area contributed by atoms with Gasteiger partial charge in [0, 0.05) is 6.20 Å². The van der Waals surface area contributed by atoms with Crippen LogP contribution in [0.25, 0.3) is 10.2 Å². The Morgan fingerprint density at radius 1 is 1.62 bits per heavy atom. The second-order valence-corrected chi connectivity index (χ2v) is 4.61. The Morgan fingerprint density at radius 2 is 2.38 bits per heavy atom. The van der Waals surface area contributed by atoms with Crippen molar-refractivity contribution in [1.82, 2.24) is 4.98 Å². The summed E-state index contributed by atoms with van der Waals surface area (Å²) in [5, 5.41) is 9.17. The largest absolute Gasteiger partial charge is 0.254 e. The second kappa shape index (κ2) is 3.18. The molecule has 0 atom stereocenters. The summed E-state index contributed by atoms with van der Waals surface area (Å²) in [6.45, 7) is 0. The molecular weight excluding hydrogens is 224 g/mol. The van der Waals surface area contributed by atoms with Gasteiger partial charge in [-0.3, -0.25) is 4.98 Å². The van der Waals surface area contributed by atoms with E-state index >= 15 is 0 Å². The molecular formula is C8H3ClN2S2. The maximum absolute atomic E-state index is 8.70. The van der Waals surface area contributed by atoms with Crippen LogP contribution in [0.5, 0.6) is 0 Å². The predicted molar refractivity (Wildman–Crippen MR) is 56.6 cm³/mol. The summed E-state index contributed by atoms with van der Waals surface area (Å²) in [5.74, 6) is 0. The molecule has 0 saturated heterocycles. The van der Waals surface area contributed by atoms with E-state index in [1.807, 2.05) is 12.1 Å². The van der Waals surface area contributed by atoms with Gasteiger partial charge in [0.15, 0.2) is 0 Å². The molecule has 5 heteroatoms. The van der Waals surface area contributed by atoms with Gasteiger partial charge in [-0.1, -0.05) is 11.6 Å². The topological polar surface area (TPSA) is 36.7 Å². The van der Waals surface area contributed by atoms with Crippen molar-refractivity contribution in [2.45, 2.75) is 4.21 Å². The lowest BCUT2D eigenvalue weighted by molar-refractivity contribution is 1.38. The fraction of sp³-hybridized carbons (Fsp3) is 0. The Bertz CT molecular complexity index is 513. The molecule has 2 rings (SSSR count). The minimum Gasteiger partial charge on any atom is -0.254 e. The fourth-order valence-electron chi connectivity index (χ4n) is 1.01. The molecule has 0 aliphatic carbocycles. The number of pyridine rings is 1. The first-order valence-corrected chi connectivity index (χ1v) is 5.03. The van der Waals surface area contributed by atoms with E-state index in [0.717, 1.165) is 14.4 Å².